The minimum Gasteiger partial charge on any atom is -0.387 e. The molecule has 0 fully saturated rings. The number of aromatic nitrogens is 4. The van der Waals surface area contributed by atoms with Crippen LogP contribution in [0.2, 0.25) is 0 Å². The average Bonchev–Trinajstić information content (AvgIpc) is 2.84. The summed E-state index contributed by atoms with van der Waals surface area (Å²) in [6.07, 6.45) is 4.80. The highest BCUT2D eigenvalue weighted by molar-refractivity contribution is 7.05. The summed E-state index contributed by atoms with van der Waals surface area (Å²) in [6.45, 7) is 1.87. The third-order valence-electron chi connectivity index (χ3n) is 2.45. The normalized spacial score (nSPS) is 12.9. The highest BCUT2D eigenvalue weighted by Gasteiger charge is 2.14. The Morgan fingerprint density at radius 2 is 2.38 bits per heavy atom. The van der Waals surface area contributed by atoms with Crippen molar-refractivity contribution in [2.24, 2.45) is 7.05 Å². The van der Waals surface area contributed by atoms with Crippen LogP contribution in [0.15, 0.2) is 12.4 Å². The number of hydrogen-bond donors (Lipinski definition) is 1. The summed E-state index contributed by atoms with van der Waals surface area (Å²) in [5.74, 6) is 0. The van der Waals surface area contributed by atoms with Crippen LogP contribution in [0.25, 0.3) is 0 Å². The molecule has 6 heteroatoms. The van der Waals surface area contributed by atoms with Crippen molar-refractivity contribution in [1.82, 2.24) is 19.4 Å². The molecule has 5 nitrogen and oxygen atoms in total. The lowest BCUT2D eigenvalue weighted by atomic mass is 10.1. The summed E-state index contributed by atoms with van der Waals surface area (Å²) in [7, 11) is 1.89. The Morgan fingerprint density at radius 1 is 1.56 bits per heavy atom. The molecule has 86 valence electrons. The standard InChI is InChI=1S/C10H14N4OS/c1-7-10(16-13-12-7)9(15)4-3-8-5-11-14(2)6-8/h5-6,9,15H,3-4H2,1-2H3. The summed E-state index contributed by atoms with van der Waals surface area (Å²) in [6, 6.07) is 0. The first kappa shape index (κ1) is 11.2. The van der Waals surface area contributed by atoms with Gasteiger partial charge in [-0.05, 0) is 36.9 Å². The van der Waals surface area contributed by atoms with Gasteiger partial charge >= 0.3 is 0 Å². The molecule has 0 radical (unpaired) electrons. The van der Waals surface area contributed by atoms with Crippen LogP contribution >= 0.6 is 11.5 Å². The van der Waals surface area contributed by atoms with Gasteiger partial charge in [-0.2, -0.15) is 5.10 Å². The summed E-state index contributed by atoms with van der Waals surface area (Å²) < 4.78 is 5.58. The van der Waals surface area contributed by atoms with E-state index in [0.717, 1.165) is 22.6 Å². The van der Waals surface area contributed by atoms with Crippen molar-refractivity contribution >= 4 is 11.5 Å². The van der Waals surface area contributed by atoms with E-state index in [4.69, 9.17) is 0 Å². The van der Waals surface area contributed by atoms with Crippen LogP contribution in [0, 0.1) is 6.92 Å². The second kappa shape index (κ2) is 4.71. The molecule has 0 spiro atoms. The van der Waals surface area contributed by atoms with E-state index in [1.165, 1.54) is 11.5 Å². The van der Waals surface area contributed by atoms with Gasteiger partial charge in [-0.3, -0.25) is 4.68 Å². The molecule has 0 bridgehead atoms. The highest BCUT2D eigenvalue weighted by Crippen LogP contribution is 2.23. The topological polar surface area (TPSA) is 63.8 Å². The molecular formula is C10H14N4OS. The number of aliphatic hydroxyl groups is 1. The zero-order valence-electron chi connectivity index (χ0n) is 9.29. The molecule has 0 aliphatic carbocycles. The molecule has 1 unspecified atom stereocenters. The van der Waals surface area contributed by atoms with Gasteiger partial charge < -0.3 is 5.11 Å². The van der Waals surface area contributed by atoms with Crippen molar-refractivity contribution < 1.29 is 5.11 Å². The molecule has 0 aromatic carbocycles. The maximum absolute atomic E-state index is 9.96. The molecular weight excluding hydrogens is 224 g/mol. The smallest absolute Gasteiger partial charge is 0.0920 e. The van der Waals surface area contributed by atoms with Crippen LogP contribution in [-0.2, 0) is 13.5 Å². The van der Waals surface area contributed by atoms with E-state index < -0.39 is 6.10 Å². The first-order valence-electron chi connectivity index (χ1n) is 5.11. The molecule has 0 saturated carbocycles. The van der Waals surface area contributed by atoms with Gasteiger partial charge in [-0.25, -0.2) is 0 Å². The van der Waals surface area contributed by atoms with Crippen molar-refractivity contribution in [3.8, 4) is 0 Å². The van der Waals surface area contributed by atoms with Gasteiger partial charge in [0, 0.05) is 13.2 Å². The zero-order valence-corrected chi connectivity index (χ0v) is 10.1. The maximum atomic E-state index is 9.96. The van der Waals surface area contributed by atoms with Gasteiger partial charge in [-0.15, -0.1) is 5.10 Å². The van der Waals surface area contributed by atoms with Crippen LogP contribution in [0.3, 0.4) is 0 Å². The second-order valence-electron chi connectivity index (χ2n) is 3.80. The first-order valence-corrected chi connectivity index (χ1v) is 5.88. The van der Waals surface area contributed by atoms with E-state index in [9.17, 15) is 5.11 Å². The quantitative estimate of drug-likeness (QED) is 0.870. The van der Waals surface area contributed by atoms with E-state index in [-0.39, 0.29) is 0 Å². The maximum Gasteiger partial charge on any atom is 0.0920 e. The fourth-order valence-corrected chi connectivity index (χ4v) is 2.24. The molecule has 16 heavy (non-hydrogen) atoms. The Hall–Kier alpha value is -1.27. The fraction of sp³-hybridized carbons (Fsp3) is 0.500. The third-order valence-corrected chi connectivity index (χ3v) is 3.38. The van der Waals surface area contributed by atoms with Crippen molar-refractivity contribution in [3.63, 3.8) is 0 Å². The molecule has 0 saturated heterocycles. The van der Waals surface area contributed by atoms with Gasteiger partial charge in [0.2, 0.25) is 0 Å². The molecule has 2 rings (SSSR count). The molecule has 0 amide bonds. The van der Waals surface area contributed by atoms with Crippen molar-refractivity contribution in [3.05, 3.63) is 28.5 Å². The Balaban J connectivity index is 1.93. The minimum absolute atomic E-state index is 0.472. The lowest BCUT2D eigenvalue weighted by Crippen LogP contribution is -1.99. The molecule has 0 aliphatic rings. The number of aliphatic hydroxyl groups excluding tert-OH is 1. The van der Waals surface area contributed by atoms with Crippen molar-refractivity contribution in [2.75, 3.05) is 0 Å². The number of rotatable bonds is 4. The largest absolute Gasteiger partial charge is 0.387 e. The fourth-order valence-electron chi connectivity index (χ4n) is 1.58. The Morgan fingerprint density at radius 3 is 2.94 bits per heavy atom. The molecule has 2 aromatic rings. The van der Waals surface area contributed by atoms with Crippen LogP contribution in [0.4, 0.5) is 0 Å². The average molecular weight is 238 g/mol. The van der Waals surface area contributed by atoms with Gasteiger partial charge in [0.15, 0.2) is 0 Å². The van der Waals surface area contributed by atoms with E-state index in [1.54, 1.807) is 4.68 Å². The molecule has 2 aromatic heterocycles. The van der Waals surface area contributed by atoms with Gasteiger partial charge in [0.05, 0.1) is 22.9 Å². The summed E-state index contributed by atoms with van der Waals surface area (Å²) in [5, 5.41) is 17.9. The van der Waals surface area contributed by atoms with E-state index in [1.807, 2.05) is 26.4 Å². The Labute approximate surface area is 97.9 Å². The predicted molar refractivity (Wildman–Crippen MR) is 61.1 cm³/mol. The van der Waals surface area contributed by atoms with Gasteiger partial charge in [-0.1, -0.05) is 4.49 Å². The molecule has 1 atom stereocenters. The molecule has 0 aliphatic heterocycles. The monoisotopic (exact) mass is 238 g/mol. The van der Waals surface area contributed by atoms with Gasteiger partial charge in [0.25, 0.3) is 0 Å². The van der Waals surface area contributed by atoms with E-state index >= 15 is 0 Å². The van der Waals surface area contributed by atoms with E-state index in [2.05, 4.69) is 14.7 Å². The summed E-state index contributed by atoms with van der Waals surface area (Å²) in [4.78, 5) is 0.865. The number of aryl methyl sites for hydroxylation is 3. The Bertz CT molecular complexity index is 465. The summed E-state index contributed by atoms with van der Waals surface area (Å²) >= 11 is 1.27. The van der Waals surface area contributed by atoms with Crippen LogP contribution < -0.4 is 0 Å². The minimum atomic E-state index is -0.472. The predicted octanol–water partition coefficient (Wildman–Crippen LogP) is 1.25. The highest BCUT2D eigenvalue weighted by atomic mass is 32.1. The van der Waals surface area contributed by atoms with Crippen LogP contribution in [0.1, 0.15) is 28.7 Å². The number of hydrogen-bond acceptors (Lipinski definition) is 5. The first-order chi connectivity index (χ1) is 7.66. The lowest BCUT2D eigenvalue weighted by molar-refractivity contribution is 0.170. The van der Waals surface area contributed by atoms with Crippen molar-refractivity contribution in [1.29, 1.82) is 0 Å². The van der Waals surface area contributed by atoms with E-state index in [0.29, 0.717) is 6.42 Å². The van der Waals surface area contributed by atoms with Crippen LogP contribution in [-0.4, -0.2) is 24.5 Å². The van der Waals surface area contributed by atoms with Crippen LogP contribution in [0.5, 0.6) is 0 Å². The number of nitrogens with zero attached hydrogens (tertiary/aromatic N) is 4. The lowest BCUT2D eigenvalue weighted by Gasteiger charge is -2.06. The van der Waals surface area contributed by atoms with Gasteiger partial charge in [0.1, 0.15) is 0 Å². The summed E-state index contributed by atoms with van der Waals surface area (Å²) in [5.41, 5.74) is 1.96. The third kappa shape index (κ3) is 2.45. The zero-order chi connectivity index (χ0) is 11.5. The molecule has 2 heterocycles. The van der Waals surface area contributed by atoms with Crippen molar-refractivity contribution in [2.45, 2.75) is 25.9 Å². The molecule has 1 N–H and O–H groups in total. The second-order valence-corrected chi connectivity index (χ2v) is 4.59. The Kier molecular flexibility index (Phi) is 3.31. The SMILES string of the molecule is Cc1nnsc1C(O)CCc1cnn(C)c1.